The predicted octanol–water partition coefficient (Wildman–Crippen LogP) is 2.01. The van der Waals surface area contributed by atoms with Crippen LogP contribution in [0.1, 0.15) is 34.3 Å². The summed E-state index contributed by atoms with van der Waals surface area (Å²) in [5.74, 6) is -0.920. The topological polar surface area (TPSA) is 89.9 Å². The molecule has 0 spiro atoms. The van der Waals surface area contributed by atoms with Crippen LogP contribution in [0.3, 0.4) is 0 Å². The molecular formula is C15H22O6S. The molecule has 1 aromatic carbocycles. The highest BCUT2D eigenvalue weighted by Gasteiger charge is 2.07. The molecule has 1 N–H and O–H groups in total. The van der Waals surface area contributed by atoms with Gasteiger partial charge in [-0.05, 0) is 43.4 Å². The van der Waals surface area contributed by atoms with Gasteiger partial charge in [-0.15, -0.1) is 0 Å². The molecule has 0 fully saturated rings. The molecule has 0 bridgehead atoms. The van der Waals surface area contributed by atoms with E-state index < -0.39 is 16.1 Å². The number of aromatic carboxylic acids is 1. The van der Waals surface area contributed by atoms with Crippen molar-refractivity contribution in [3.05, 3.63) is 34.9 Å². The Labute approximate surface area is 131 Å². The molecule has 0 saturated heterocycles. The number of carboxylic acids is 1. The summed E-state index contributed by atoms with van der Waals surface area (Å²) < 4.78 is 31.5. The summed E-state index contributed by atoms with van der Waals surface area (Å²) in [6, 6.07) is 5.25. The quantitative estimate of drug-likeness (QED) is 0.521. The Morgan fingerprint density at radius 1 is 1.18 bits per heavy atom. The highest BCUT2D eigenvalue weighted by molar-refractivity contribution is 7.85. The van der Waals surface area contributed by atoms with Crippen LogP contribution in [-0.2, 0) is 25.5 Å². The van der Waals surface area contributed by atoms with Gasteiger partial charge in [0, 0.05) is 6.61 Å². The lowest BCUT2D eigenvalue weighted by atomic mass is 10.0. The van der Waals surface area contributed by atoms with Crippen LogP contribution in [0.25, 0.3) is 0 Å². The Hall–Kier alpha value is -1.44. The van der Waals surface area contributed by atoms with E-state index in [2.05, 4.69) is 4.18 Å². The minimum atomic E-state index is -3.35. The summed E-state index contributed by atoms with van der Waals surface area (Å²) in [6.45, 7) is 3.03. The molecule has 22 heavy (non-hydrogen) atoms. The van der Waals surface area contributed by atoms with Crippen LogP contribution in [0, 0.1) is 6.92 Å². The fourth-order valence-corrected chi connectivity index (χ4v) is 2.35. The second-order valence-electron chi connectivity index (χ2n) is 5.05. The van der Waals surface area contributed by atoms with Crippen molar-refractivity contribution in [1.29, 1.82) is 0 Å². The first kappa shape index (κ1) is 18.6. The number of carboxylic acid groups (broad SMARTS) is 1. The summed E-state index contributed by atoms with van der Waals surface area (Å²) in [6.07, 6.45) is 3.09. The third-order valence-corrected chi connectivity index (χ3v) is 3.63. The highest BCUT2D eigenvalue weighted by Crippen LogP contribution is 2.12. The van der Waals surface area contributed by atoms with E-state index in [0.717, 1.165) is 23.8 Å². The number of benzene rings is 1. The van der Waals surface area contributed by atoms with Crippen molar-refractivity contribution in [2.24, 2.45) is 0 Å². The van der Waals surface area contributed by atoms with E-state index in [9.17, 15) is 13.2 Å². The molecule has 0 amide bonds. The Bertz CT molecular complexity index is 594. The van der Waals surface area contributed by atoms with E-state index in [-0.39, 0.29) is 6.61 Å². The van der Waals surface area contributed by atoms with E-state index in [4.69, 9.17) is 9.84 Å². The van der Waals surface area contributed by atoms with E-state index in [1.807, 2.05) is 6.07 Å². The number of hydrogen-bond donors (Lipinski definition) is 1. The maximum atomic E-state index is 10.9. The molecule has 1 rings (SSSR count). The summed E-state index contributed by atoms with van der Waals surface area (Å²) in [7, 11) is -3.35. The number of aryl methyl sites for hydroxylation is 1. The minimum Gasteiger partial charge on any atom is -0.478 e. The first-order chi connectivity index (χ1) is 10.3. The van der Waals surface area contributed by atoms with E-state index >= 15 is 0 Å². The van der Waals surface area contributed by atoms with Crippen molar-refractivity contribution >= 4 is 16.1 Å². The van der Waals surface area contributed by atoms with Crippen molar-refractivity contribution < 1.29 is 27.2 Å². The maximum Gasteiger partial charge on any atom is 0.335 e. The molecule has 0 aliphatic carbocycles. The van der Waals surface area contributed by atoms with E-state index in [0.29, 0.717) is 31.6 Å². The smallest absolute Gasteiger partial charge is 0.335 e. The van der Waals surface area contributed by atoms with E-state index in [1.165, 1.54) is 0 Å². The van der Waals surface area contributed by atoms with Gasteiger partial charge in [-0.25, -0.2) is 4.79 Å². The SMILES string of the molecule is Cc1cc(CCOCCCCOS(C)(=O)=O)ccc1C(=O)O. The molecule has 0 heterocycles. The third kappa shape index (κ3) is 7.53. The van der Waals surface area contributed by atoms with Crippen molar-refractivity contribution in [2.45, 2.75) is 26.2 Å². The number of rotatable bonds is 10. The van der Waals surface area contributed by atoms with Crippen LogP contribution in [0.2, 0.25) is 0 Å². The normalized spacial score (nSPS) is 11.5. The zero-order valence-electron chi connectivity index (χ0n) is 12.9. The van der Waals surface area contributed by atoms with Gasteiger partial charge in [0.2, 0.25) is 0 Å². The van der Waals surface area contributed by atoms with Crippen LogP contribution in [0.5, 0.6) is 0 Å². The standard InChI is InChI=1S/C15H22O6S/c1-12-11-13(5-6-14(12)15(16)17)7-10-20-8-3-4-9-21-22(2,18)19/h5-6,11H,3-4,7-10H2,1-2H3,(H,16,17). The molecule has 0 unspecified atom stereocenters. The average Bonchev–Trinajstić information content (AvgIpc) is 2.40. The summed E-state index contributed by atoms with van der Waals surface area (Å²) in [4.78, 5) is 10.9. The largest absolute Gasteiger partial charge is 0.478 e. The summed E-state index contributed by atoms with van der Waals surface area (Å²) >= 11 is 0. The molecular weight excluding hydrogens is 308 g/mol. The monoisotopic (exact) mass is 330 g/mol. The Balaban J connectivity index is 2.17. The van der Waals surface area contributed by atoms with Gasteiger partial charge < -0.3 is 9.84 Å². The lowest BCUT2D eigenvalue weighted by Crippen LogP contribution is -2.06. The van der Waals surface area contributed by atoms with Gasteiger partial charge in [0.1, 0.15) is 0 Å². The minimum absolute atomic E-state index is 0.179. The molecule has 0 atom stereocenters. The van der Waals surface area contributed by atoms with Crippen molar-refractivity contribution in [3.8, 4) is 0 Å². The molecule has 7 heteroatoms. The lowest BCUT2D eigenvalue weighted by molar-refractivity contribution is 0.0696. The first-order valence-electron chi connectivity index (χ1n) is 7.04. The average molecular weight is 330 g/mol. The Morgan fingerprint density at radius 2 is 1.86 bits per heavy atom. The zero-order valence-corrected chi connectivity index (χ0v) is 13.7. The second-order valence-corrected chi connectivity index (χ2v) is 6.69. The van der Waals surface area contributed by atoms with Gasteiger partial charge in [-0.2, -0.15) is 8.42 Å². The van der Waals surface area contributed by atoms with Crippen LogP contribution in [0.4, 0.5) is 0 Å². The molecule has 0 aliphatic heterocycles. The van der Waals surface area contributed by atoms with Gasteiger partial charge in [-0.1, -0.05) is 12.1 Å². The van der Waals surface area contributed by atoms with Crippen LogP contribution in [-0.4, -0.2) is 45.6 Å². The predicted molar refractivity (Wildman–Crippen MR) is 82.7 cm³/mol. The first-order valence-corrected chi connectivity index (χ1v) is 8.86. The number of carbonyl (C=O) groups is 1. The molecule has 0 aliphatic rings. The van der Waals surface area contributed by atoms with Gasteiger partial charge in [0.15, 0.2) is 0 Å². The third-order valence-electron chi connectivity index (χ3n) is 3.04. The fourth-order valence-electron chi connectivity index (χ4n) is 1.93. The summed E-state index contributed by atoms with van der Waals surface area (Å²) in [5.41, 5.74) is 2.08. The number of hydrogen-bond acceptors (Lipinski definition) is 5. The number of ether oxygens (including phenoxy) is 1. The van der Waals surface area contributed by atoms with Gasteiger partial charge in [0.25, 0.3) is 10.1 Å². The molecule has 1 aromatic rings. The Kier molecular flexibility index (Phi) is 7.50. The van der Waals surface area contributed by atoms with Crippen molar-refractivity contribution in [1.82, 2.24) is 0 Å². The van der Waals surface area contributed by atoms with E-state index in [1.54, 1.807) is 19.1 Å². The lowest BCUT2D eigenvalue weighted by Gasteiger charge is -2.07. The molecule has 0 aromatic heterocycles. The number of unbranched alkanes of at least 4 members (excludes halogenated alkanes) is 1. The Morgan fingerprint density at radius 3 is 2.45 bits per heavy atom. The molecule has 0 radical (unpaired) electrons. The van der Waals surface area contributed by atoms with Gasteiger partial charge >= 0.3 is 5.97 Å². The van der Waals surface area contributed by atoms with Crippen LogP contribution < -0.4 is 0 Å². The van der Waals surface area contributed by atoms with Gasteiger partial charge in [-0.3, -0.25) is 4.18 Å². The molecule has 0 saturated carbocycles. The van der Waals surface area contributed by atoms with Crippen LogP contribution in [0.15, 0.2) is 18.2 Å². The maximum absolute atomic E-state index is 10.9. The highest BCUT2D eigenvalue weighted by atomic mass is 32.2. The zero-order chi connectivity index (χ0) is 16.6. The second kappa shape index (κ2) is 8.87. The van der Waals surface area contributed by atoms with Crippen LogP contribution >= 0.6 is 0 Å². The van der Waals surface area contributed by atoms with Crippen molar-refractivity contribution in [3.63, 3.8) is 0 Å². The molecule has 124 valence electrons. The van der Waals surface area contributed by atoms with Crippen molar-refractivity contribution in [2.75, 3.05) is 26.1 Å². The van der Waals surface area contributed by atoms with Gasteiger partial charge in [0.05, 0.1) is 25.0 Å². The summed E-state index contributed by atoms with van der Waals surface area (Å²) in [5, 5.41) is 8.95. The molecule has 6 nitrogen and oxygen atoms in total. The fraction of sp³-hybridized carbons (Fsp3) is 0.533.